The van der Waals surface area contributed by atoms with Gasteiger partial charge in [-0.1, -0.05) is 0 Å². The van der Waals surface area contributed by atoms with Crippen molar-refractivity contribution >= 4 is 5.91 Å². The van der Waals surface area contributed by atoms with Gasteiger partial charge in [-0.15, -0.1) is 0 Å². The Morgan fingerprint density at radius 3 is 2.63 bits per heavy atom. The zero-order valence-corrected chi connectivity index (χ0v) is 10.7. The zero-order valence-electron chi connectivity index (χ0n) is 10.7. The van der Waals surface area contributed by atoms with Gasteiger partial charge in [-0.05, 0) is 26.0 Å². The van der Waals surface area contributed by atoms with Crippen molar-refractivity contribution in [3.05, 3.63) is 35.1 Å². The van der Waals surface area contributed by atoms with Gasteiger partial charge in [0.2, 0.25) is 0 Å². The van der Waals surface area contributed by atoms with Crippen LogP contribution in [0.5, 0.6) is 0 Å². The van der Waals surface area contributed by atoms with Crippen molar-refractivity contribution in [1.29, 1.82) is 0 Å². The van der Waals surface area contributed by atoms with E-state index in [9.17, 15) is 18.0 Å². The Bertz CT molecular complexity index is 507. The molecule has 6 heteroatoms. The molecule has 104 valence electrons. The van der Waals surface area contributed by atoms with E-state index in [1.165, 1.54) is 4.90 Å². The highest BCUT2D eigenvalue weighted by atomic mass is 19.2. The molecule has 1 saturated heterocycles. The first-order valence-electron chi connectivity index (χ1n) is 6.09. The number of halogens is 3. The van der Waals surface area contributed by atoms with Crippen LogP contribution in [0.2, 0.25) is 0 Å². The van der Waals surface area contributed by atoms with Crippen molar-refractivity contribution in [3.63, 3.8) is 0 Å². The minimum absolute atomic E-state index is 0.0773. The Hall–Kier alpha value is -1.56. The van der Waals surface area contributed by atoms with Crippen LogP contribution >= 0.6 is 0 Å². The number of benzene rings is 1. The third-order valence-electron chi connectivity index (χ3n) is 3.29. The predicted molar refractivity (Wildman–Crippen MR) is 64.3 cm³/mol. The average molecular weight is 272 g/mol. The second kappa shape index (κ2) is 5.21. The molecule has 1 aromatic rings. The van der Waals surface area contributed by atoms with Gasteiger partial charge in [-0.3, -0.25) is 4.79 Å². The fraction of sp³-hybridized carbons (Fsp3) is 0.462. The highest BCUT2D eigenvalue weighted by molar-refractivity contribution is 5.94. The Balaban J connectivity index is 2.31. The lowest BCUT2D eigenvalue weighted by molar-refractivity contribution is 0.0610. The molecule has 0 radical (unpaired) electrons. The van der Waals surface area contributed by atoms with E-state index >= 15 is 0 Å². The highest BCUT2D eigenvalue weighted by Gasteiger charge is 2.30. The highest BCUT2D eigenvalue weighted by Crippen LogP contribution is 2.19. The van der Waals surface area contributed by atoms with Crippen molar-refractivity contribution < 1.29 is 18.0 Å². The minimum atomic E-state index is -1.61. The van der Waals surface area contributed by atoms with E-state index in [1.807, 2.05) is 13.8 Å². The summed E-state index contributed by atoms with van der Waals surface area (Å²) >= 11 is 0. The van der Waals surface area contributed by atoms with Crippen LogP contribution in [0.3, 0.4) is 0 Å². The number of rotatable bonds is 1. The van der Waals surface area contributed by atoms with E-state index in [4.69, 9.17) is 0 Å². The molecular formula is C13H15F3N2O. The molecule has 2 atom stereocenters. The SMILES string of the molecule is CC1CN(C(=O)c2ccc(F)c(F)c2F)C(C)CN1. The number of nitrogens with one attached hydrogen (secondary N) is 1. The molecule has 3 nitrogen and oxygen atoms in total. The van der Waals surface area contributed by atoms with Crippen LogP contribution in [0.25, 0.3) is 0 Å². The van der Waals surface area contributed by atoms with Crippen LogP contribution in [0.1, 0.15) is 24.2 Å². The summed E-state index contributed by atoms with van der Waals surface area (Å²) in [5.41, 5.74) is -0.431. The maximum Gasteiger partial charge on any atom is 0.257 e. The van der Waals surface area contributed by atoms with Gasteiger partial charge < -0.3 is 10.2 Å². The number of carbonyl (C=O) groups excluding carboxylic acids is 1. The topological polar surface area (TPSA) is 32.3 Å². The molecule has 0 aliphatic carbocycles. The first kappa shape index (κ1) is 13.9. The van der Waals surface area contributed by atoms with Crippen molar-refractivity contribution in [1.82, 2.24) is 10.2 Å². The molecule has 0 aromatic heterocycles. The van der Waals surface area contributed by atoms with Gasteiger partial charge in [0.25, 0.3) is 5.91 Å². The normalized spacial score (nSPS) is 23.5. The lowest BCUT2D eigenvalue weighted by Crippen LogP contribution is -2.56. The summed E-state index contributed by atoms with van der Waals surface area (Å²) in [6, 6.07) is 1.70. The summed E-state index contributed by atoms with van der Waals surface area (Å²) in [5, 5.41) is 3.18. The van der Waals surface area contributed by atoms with Crippen LogP contribution in [-0.4, -0.2) is 36.0 Å². The summed E-state index contributed by atoms with van der Waals surface area (Å²) < 4.78 is 39.6. The van der Waals surface area contributed by atoms with Crippen LogP contribution in [0.15, 0.2) is 12.1 Å². The van der Waals surface area contributed by atoms with E-state index in [0.29, 0.717) is 13.1 Å². The van der Waals surface area contributed by atoms with Gasteiger partial charge >= 0.3 is 0 Å². The van der Waals surface area contributed by atoms with E-state index in [1.54, 1.807) is 0 Å². The van der Waals surface area contributed by atoms with Gasteiger partial charge in [0, 0.05) is 25.2 Å². The first-order chi connectivity index (χ1) is 8.91. The van der Waals surface area contributed by atoms with Crippen LogP contribution in [-0.2, 0) is 0 Å². The molecule has 0 saturated carbocycles. The summed E-state index contributed by atoms with van der Waals surface area (Å²) in [6.45, 7) is 4.69. The number of hydrogen-bond acceptors (Lipinski definition) is 2. The minimum Gasteiger partial charge on any atom is -0.333 e. The number of piperazine rings is 1. The lowest BCUT2D eigenvalue weighted by Gasteiger charge is -2.37. The summed E-state index contributed by atoms with van der Waals surface area (Å²) in [6.07, 6.45) is 0. The molecule has 1 fully saturated rings. The quantitative estimate of drug-likeness (QED) is 0.792. The van der Waals surface area contributed by atoms with Gasteiger partial charge in [0.15, 0.2) is 17.5 Å². The number of carbonyl (C=O) groups is 1. The molecule has 1 aliphatic heterocycles. The van der Waals surface area contributed by atoms with Gasteiger partial charge in [-0.2, -0.15) is 0 Å². The molecule has 19 heavy (non-hydrogen) atoms. The van der Waals surface area contributed by atoms with Crippen molar-refractivity contribution in [2.75, 3.05) is 13.1 Å². The standard InChI is InChI=1S/C13H15F3N2O/c1-7-6-18(8(2)5-17-7)13(19)9-3-4-10(14)12(16)11(9)15/h3-4,7-8,17H,5-6H2,1-2H3. The fourth-order valence-corrected chi connectivity index (χ4v) is 2.15. The maximum atomic E-state index is 13.6. The second-order valence-electron chi connectivity index (χ2n) is 4.84. The number of nitrogens with zero attached hydrogens (tertiary/aromatic N) is 1. The van der Waals surface area contributed by atoms with Crippen LogP contribution < -0.4 is 5.32 Å². The molecule has 1 aromatic carbocycles. The maximum absolute atomic E-state index is 13.6. The molecule has 1 aliphatic rings. The number of hydrogen-bond donors (Lipinski definition) is 1. The van der Waals surface area contributed by atoms with Gasteiger partial charge in [0.05, 0.1) is 5.56 Å². The zero-order chi connectivity index (χ0) is 14.2. The molecule has 2 rings (SSSR count). The van der Waals surface area contributed by atoms with E-state index < -0.39 is 28.9 Å². The smallest absolute Gasteiger partial charge is 0.257 e. The van der Waals surface area contributed by atoms with Crippen molar-refractivity contribution in [2.45, 2.75) is 25.9 Å². The number of amides is 1. The lowest BCUT2D eigenvalue weighted by atomic mass is 10.1. The summed E-state index contributed by atoms with van der Waals surface area (Å²) in [7, 11) is 0. The Morgan fingerprint density at radius 1 is 1.26 bits per heavy atom. The van der Waals surface area contributed by atoms with E-state index in [2.05, 4.69) is 5.32 Å². The second-order valence-corrected chi connectivity index (χ2v) is 4.84. The average Bonchev–Trinajstić information content (AvgIpc) is 2.38. The molecule has 1 N–H and O–H groups in total. The largest absolute Gasteiger partial charge is 0.333 e. The predicted octanol–water partition coefficient (Wildman–Crippen LogP) is 1.93. The monoisotopic (exact) mass is 272 g/mol. The third kappa shape index (κ3) is 2.58. The van der Waals surface area contributed by atoms with Crippen LogP contribution in [0.4, 0.5) is 13.2 Å². The molecular weight excluding hydrogens is 257 g/mol. The Labute approximate surface area is 109 Å². The van der Waals surface area contributed by atoms with E-state index in [-0.39, 0.29) is 12.1 Å². The Kier molecular flexibility index (Phi) is 3.80. The molecule has 2 unspecified atom stereocenters. The van der Waals surface area contributed by atoms with Gasteiger partial charge in [-0.25, -0.2) is 13.2 Å². The molecule has 0 spiro atoms. The Morgan fingerprint density at radius 2 is 1.95 bits per heavy atom. The first-order valence-corrected chi connectivity index (χ1v) is 6.09. The summed E-state index contributed by atoms with van der Waals surface area (Å²) in [5.74, 6) is -4.95. The van der Waals surface area contributed by atoms with Crippen molar-refractivity contribution in [2.24, 2.45) is 0 Å². The summed E-state index contributed by atoms with van der Waals surface area (Å²) in [4.78, 5) is 13.7. The van der Waals surface area contributed by atoms with Crippen molar-refractivity contribution in [3.8, 4) is 0 Å². The molecule has 1 heterocycles. The van der Waals surface area contributed by atoms with E-state index in [0.717, 1.165) is 12.1 Å². The molecule has 1 amide bonds. The van der Waals surface area contributed by atoms with Gasteiger partial charge in [0.1, 0.15) is 0 Å². The van der Waals surface area contributed by atoms with Crippen LogP contribution in [0, 0.1) is 17.5 Å². The third-order valence-corrected chi connectivity index (χ3v) is 3.29. The fourth-order valence-electron chi connectivity index (χ4n) is 2.15. The molecule has 0 bridgehead atoms.